The number of rotatable bonds is 10. The van der Waals surface area contributed by atoms with Gasteiger partial charge in [-0.05, 0) is 61.5 Å². The number of urea groups is 1. The van der Waals surface area contributed by atoms with Gasteiger partial charge in [-0.15, -0.1) is 0 Å². The number of Topliss-reactive ketones (excluding diaryl/α,β-unsaturated/α-hetero) is 1. The predicted octanol–water partition coefficient (Wildman–Crippen LogP) is 3.16. The van der Waals surface area contributed by atoms with E-state index in [-0.39, 0.29) is 24.0 Å². The van der Waals surface area contributed by atoms with Gasteiger partial charge in [-0.2, -0.15) is 0 Å². The molecule has 0 radical (unpaired) electrons. The predicted molar refractivity (Wildman–Crippen MR) is 167 cm³/mol. The van der Waals surface area contributed by atoms with Crippen LogP contribution in [0.25, 0.3) is 0 Å². The summed E-state index contributed by atoms with van der Waals surface area (Å²) >= 11 is 0. The number of hydrogen-bond donors (Lipinski definition) is 4. The summed E-state index contributed by atoms with van der Waals surface area (Å²) in [6.45, 7) is 7.98. The molecule has 1 saturated heterocycles. The van der Waals surface area contributed by atoms with Crippen LogP contribution in [0.3, 0.4) is 0 Å². The molecule has 5 amide bonds. The maximum atomic E-state index is 14.3. The van der Waals surface area contributed by atoms with E-state index in [9.17, 15) is 24.0 Å². The first kappa shape index (κ1) is 32.0. The first-order chi connectivity index (χ1) is 20.9. The van der Waals surface area contributed by atoms with Gasteiger partial charge in [0.1, 0.15) is 12.1 Å². The molecule has 1 aromatic carbocycles. The molecule has 2 unspecified atom stereocenters. The Morgan fingerprint density at radius 3 is 2.07 bits per heavy atom. The first-order valence-electron chi connectivity index (χ1n) is 16.5. The zero-order chi connectivity index (χ0) is 31.6. The van der Waals surface area contributed by atoms with Gasteiger partial charge in [0.15, 0.2) is 0 Å². The lowest BCUT2D eigenvalue weighted by atomic mass is 9.67. The molecule has 3 aliphatic carbocycles. The van der Waals surface area contributed by atoms with Gasteiger partial charge in [0.2, 0.25) is 17.6 Å². The fraction of sp³-hybridized carbons (Fsp3) is 0.676. The van der Waals surface area contributed by atoms with Crippen molar-refractivity contribution in [2.75, 3.05) is 6.54 Å². The van der Waals surface area contributed by atoms with Crippen molar-refractivity contribution in [1.29, 1.82) is 0 Å². The molecular weight excluding hydrogens is 558 g/mol. The minimum absolute atomic E-state index is 0.0292. The maximum Gasteiger partial charge on any atom is 0.315 e. The molecule has 4 aliphatic rings. The van der Waals surface area contributed by atoms with E-state index in [2.05, 4.69) is 33.4 Å². The molecule has 1 aromatic rings. The third-order valence-electron chi connectivity index (χ3n) is 9.79. The largest absolute Gasteiger partial charge is 0.347 e. The Bertz CT molecular complexity index is 1250. The van der Waals surface area contributed by atoms with Crippen LogP contribution in [0.5, 0.6) is 0 Å². The van der Waals surface area contributed by atoms with Crippen LogP contribution in [0.4, 0.5) is 4.79 Å². The van der Waals surface area contributed by atoms with E-state index in [1.165, 1.54) is 6.42 Å². The van der Waals surface area contributed by atoms with Crippen molar-refractivity contribution in [3.05, 3.63) is 35.4 Å². The second kappa shape index (κ2) is 12.9. The normalized spacial score (nSPS) is 22.3. The van der Waals surface area contributed by atoms with Gasteiger partial charge >= 0.3 is 6.03 Å². The minimum atomic E-state index is -0.970. The number of ketones is 1. The lowest BCUT2D eigenvalue weighted by molar-refractivity contribution is -0.168. The van der Waals surface area contributed by atoms with Gasteiger partial charge in [0.25, 0.3) is 5.91 Å². The third-order valence-corrected chi connectivity index (χ3v) is 9.79. The van der Waals surface area contributed by atoms with E-state index in [0.29, 0.717) is 32.2 Å². The molecular formula is C34H49N5O5. The molecule has 1 aliphatic heterocycles. The number of fused-ring (bicyclic) bond motifs is 1. The molecule has 3 fully saturated rings. The first-order valence-corrected chi connectivity index (χ1v) is 16.5. The molecule has 1 spiro atoms. The number of benzene rings is 1. The Morgan fingerprint density at radius 1 is 0.886 bits per heavy atom. The summed E-state index contributed by atoms with van der Waals surface area (Å²) in [6, 6.07) is 5.16. The molecule has 44 heavy (non-hydrogen) atoms. The number of nitrogens with zero attached hydrogens (tertiary/aromatic N) is 1. The molecule has 4 N–H and O–H groups in total. The quantitative estimate of drug-likeness (QED) is 0.303. The monoisotopic (exact) mass is 607 g/mol. The molecule has 0 aromatic heterocycles. The summed E-state index contributed by atoms with van der Waals surface area (Å²) in [5.41, 5.74) is 1.16. The molecule has 10 heteroatoms. The summed E-state index contributed by atoms with van der Waals surface area (Å²) in [5, 5.41) is 11.6. The molecule has 0 bridgehead atoms. The molecule has 1 heterocycles. The third kappa shape index (κ3) is 6.94. The average Bonchev–Trinajstić information content (AvgIpc) is 3.69. The molecule has 2 saturated carbocycles. The summed E-state index contributed by atoms with van der Waals surface area (Å²) in [6.07, 6.45) is 9.07. The second-order valence-corrected chi connectivity index (χ2v) is 14.6. The van der Waals surface area contributed by atoms with Crippen LogP contribution in [0.2, 0.25) is 0 Å². The van der Waals surface area contributed by atoms with Gasteiger partial charge in [0, 0.05) is 24.0 Å². The van der Waals surface area contributed by atoms with Gasteiger partial charge in [0.05, 0.1) is 6.04 Å². The van der Waals surface area contributed by atoms with Crippen molar-refractivity contribution in [1.82, 2.24) is 26.2 Å². The van der Waals surface area contributed by atoms with Crippen molar-refractivity contribution in [2.45, 2.75) is 129 Å². The Balaban J connectivity index is 1.36. The molecule has 5 rings (SSSR count). The van der Waals surface area contributed by atoms with Crippen molar-refractivity contribution in [2.24, 2.45) is 10.8 Å². The van der Waals surface area contributed by atoms with Crippen molar-refractivity contribution in [3.8, 4) is 0 Å². The van der Waals surface area contributed by atoms with E-state index in [1.807, 2.05) is 39.8 Å². The standard InChI is InChI=1S/C34H49N5O5/c1-5-11-25(26(40)29(41)35-24-16-17-24)37-30(42)28-34(18-21-12-9-10-13-22(21)19-34)20-39(28)31(43)27(33(2,3)4)38-32(44)36-23-14-7-6-8-15-23/h9-10,12-13,23-25,27-28H,5-8,11,14-20H2,1-4H3,(H,35,41)(H,37,42)(H2,36,38,44)/t25?,27-,28?/m1/s1. The van der Waals surface area contributed by atoms with Crippen molar-refractivity contribution in [3.63, 3.8) is 0 Å². The molecule has 10 nitrogen and oxygen atoms in total. The SMILES string of the molecule is CCCC(NC(=O)C1N(C(=O)[C@@H](NC(=O)NC2CCCCC2)C(C)(C)C)CC12Cc1ccccc1C2)C(=O)C(=O)NC1CC1. The highest BCUT2D eigenvalue weighted by molar-refractivity contribution is 6.38. The summed E-state index contributed by atoms with van der Waals surface area (Å²) < 4.78 is 0. The lowest BCUT2D eigenvalue weighted by Gasteiger charge is -2.56. The number of likely N-dealkylation sites (tertiary alicyclic amines) is 1. The summed E-state index contributed by atoms with van der Waals surface area (Å²) in [5.74, 6) is -2.07. The lowest BCUT2D eigenvalue weighted by Crippen LogP contribution is -2.75. The van der Waals surface area contributed by atoms with Crippen LogP contribution in [0, 0.1) is 10.8 Å². The van der Waals surface area contributed by atoms with Crippen LogP contribution in [-0.2, 0) is 32.0 Å². The van der Waals surface area contributed by atoms with Gasteiger partial charge in [-0.1, -0.05) is 77.6 Å². The van der Waals surface area contributed by atoms with E-state index >= 15 is 0 Å². The number of carbonyl (C=O) groups is 5. The highest BCUT2D eigenvalue weighted by Crippen LogP contribution is 2.49. The van der Waals surface area contributed by atoms with E-state index in [4.69, 9.17) is 0 Å². The van der Waals surface area contributed by atoms with Gasteiger partial charge in [-0.25, -0.2) is 4.79 Å². The fourth-order valence-corrected chi connectivity index (χ4v) is 7.26. The van der Waals surface area contributed by atoms with Gasteiger partial charge in [-0.3, -0.25) is 19.2 Å². The highest BCUT2D eigenvalue weighted by Gasteiger charge is 2.61. The maximum absolute atomic E-state index is 14.3. The van der Waals surface area contributed by atoms with Gasteiger partial charge < -0.3 is 26.2 Å². The average molecular weight is 608 g/mol. The van der Waals surface area contributed by atoms with Crippen molar-refractivity contribution < 1.29 is 24.0 Å². The van der Waals surface area contributed by atoms with Crippen LogP contribution < -0.4 is 21.3 Å². The fourth-order valence-electron chi connectivity index (χ4n) is 7.26. The van der Waals surface area contributed by atoms with Crippen LogP contribution in [0.1, 0.15) is 96.6 Å². The topological polar surface area (TPSA) is 137 Å². The highest BCUT2D eigenvalue weighted by atomic mass is 16.2. The summed E-state index contributed by atoms with van der Waals surface area (Å²) in [7, 11) is 0. The zero-order valence-electron chi connectivity index (χ0n) is 26.7. The van der Waals surface area contributed by atoms with Crippen LogP contribution in [0.15, 0.2) is 24.3 Å². The molecule has 3 atom stereocenters. The smallest absolute Gasteiger partial charge is 0.315 e. The van der Waals surface area contributed by atoms with Crippen LogP contribution in [-0.4, -0.2) is 71.2 Å². The number of amides is 5. The van der Waals surface area contributed by atoms with E-state index in [0.717, 1.165) is 49.7 Å². The zero-order valence-corrected chi connectivity index (χ0v) is 26.7. The number of hydrogen-bond acceptors (Lipinski definition) is 5. The minimum Gasteiger partial charge on any atom is -0.347 e. The Morgan fingerprint density at radius 2 is 1.50 bits per heavy atom. The number of carbonyl (C=O) groups excluding carboxylic acids is 5. The Labute approximate surface area is 260 Å². The van der Waals surface area contributed by atoms with Crippen LogP contribution >= 0.6 is 0 Å². The Hall–Kier alpha value is -3.43. The summed E-state index contributed by atoms with van der Waals surface area (Å²) in [4.78, 5) is 68.9. The molecule has 240 valence electrons. The van der Waals surface area contributed by atoms with E-state index < -0.39 is 46.6 Å². The Kier molecular flexibility index (Phi) is 9.37. The van der Waals surface area contributed by atoms with E-state index in [1.54, 1.807) is 4.90 Å². The van der Waals surface area contributed by atoms with Crippen molar-refractivity contribution >= 4 is 29.5 Å². The number of nitrogens with one attached hydrogen (secondary N) is 4. The second-order valence-electron chi connectivity index (χ2n) is 14.6.